The first-order valence-electron chi connectivity index (χ1n) is 13.8. The van der Waals surface area contributed by atoms with Gasteiger partial charge in [0.15, 0.2) is 0 Å². The molecule has 3 amide bonds. The number of nitrogens with zero attached hydrogens (tertiary/aromatic N) is 3. The van der Waals surface area contributed by atoms with Gasteiger partial charge < -0.3 is 19.8 Å². The van der Waals surface area contributed by atoms with E-state index in [1.807, 2.05) is 35.2 Å². The number of likely N-dealkylation sites (tertiary alicyclic amines) is 1. The third kappa shape index (κ3) is 4.70. The van der Waals surface area contributed by atoms with Gasteiger partial charge in [-0.2, -0.15) is 0 Å². The standard InChI is InChI=1S/C30H41N3O4S/c1-5-8-19-31(17-6-2)28(37)25-30-16-15-29(4,38-30)23(24(30)27(36)33(25)20-12-21-34)26(35)32(18-7-3)22-13-10-9-11-14-22/h6-7,9-11,13-14,23-25,34H,2-3,5,8,12,15-21H2,1,4H3/t23-,24-,25?,29+,30?/m0/s1. The fourth-order valence-electron chi connectivity index (χ4n) is 6.76. The number of rotatable bonds is 13. The summed E-state index contributed by atoms with van der Waals surface area (Å²) in [7, 11) is 0. The highest BCUT2D eigenvalue weighted by atomic mass is 32.2. The normalized spacial score (nSPS) is 29.3. The molecular weight excluding hydrogens is 498 g/mol. The molecule has 3 heterocycles. The summed E-state index contributed by atoms with van der Waals surface area (Å²) < 4.78 is -1.11. The second kappa shape index (κ2) is 11.7. The number of hydrogen-bond donors (Lipinski definition) is 1. The highest BCUT2D eigenvalue weighted by Crippen LogP contribution is 2.71. The lowest BCUT2D eigenvalue weighted by Crippen LogP contribution is -2.55. The van der Waals surface area contributed by atoms with E-state index in [1.165, 1.54) is 0 Å². The number of aliphatic hydroxyl groups excluding tert-OH is 1. The number of unbranched alkanes of at least 4 members (excludes halogenated alkanes) is 1. The highest BCUT2D eigenvalue weighted by Gasteiger charge is 2.77. The summed E-state index contributed by atoms with van der Waals surface area (Å²) in [5, 5.41) is 9.60. The van der Waals surface area contributed by atoms with Gasteiger partial charge in [0.05, 0.1) is 16.6 Å². The average Bonchev–Trinajstić information content (AvgIpc) is 3.48. The lowest BCUT2D eigenvalue weighted by Gasteiger charge is -2.38. The van der Waals surface area contributed by atoms with Gasteiger partial charge in [-0.3, -0.25) is 14.4 Å². The molecule has 0 radical (unpaired) electrons. The van der Waals surface area contributed by atoms with Crippen LogP contribution in [-0.4, -0.2) is 80.9 Å². The van der Waals surface area contributed by atoms with Crippen molar-refractivity contribution in [2.24, 2.45) is 11.8 Å². The van der Waals surface area contributed by atoms with Gasteiger partial charge in [-0.1, -0.05) is 43.7 Å². The van der Waals surface area contributed by atoms with Gasteiger partial charge in [0.1, 0.15) is 6.04 Å². The van der Waals surface area contributed by atoms with E-state index in [-0.39, 0.29) is 24.3 Å². The lowest BCUT2D eigenvalue weighted by molar-refractivity contribution is -0.143. The molecule has 0 saturated carbocycles. The summed E-state index contributed by atoms with van der Waals surface area (Å²) in [6.45, 7) is 13.5. The molecule has 0 aromatic heterocycles. The van der Waals surface area contributed by atoms with Crippen molar-refractivity contribution in [1.29, 1.82) is 0 Å². The Morgan fingerprint density at radius 3 is 2.47 bits per heavy atom. The molecule has 3 aliphatic rings. The van der Waals surface area contributed by atoms with Crippen LogP contribution in [-0.2, 0) is 14.4 Å². The summed E-state index contributed by atoms with van der Waals surface area (Å²) in [6.07, 6.45) is 7.13. The van der Waals surface area contributed by atoms with Crippen LogP contribution in [0.5, 0.6) is 0 Å². The third-order valence-corrected chi connectivity index (χ3v) is 10.4. The number of hydrogen-bond acceptors (Lipinski definition) is 5. The molecule has 5 atom stereocenters. The van der Waals surface area contributed by atoms with Gasteiger partial charge in [0.25, 0.3) is 0 Å². The summed E-state index contributed by atoms with van der Waals surface area (Å²) in [5.74, 6) is -1.42. The third-order valence-electron chi connectivity index (χ3n) is 8.42. The molecule has 1 aromatic rings. The van der Waals surface area contributed by atoms with Crippen LogP contribution < -0.4 is 4.90 Å². The molecule has 8 heteroatoms. The maximum atomic E-state index is 14.3. The van der Waals surface area contributed by atoms with Gasteiger partial charge >= 0.3 is 0 Å². The maximum absolute atomic E-state index is 14.3. The van der Waals surface area contributed by atoms with E-state index >= 15 is 0 Å². The molecule has 1 N–H and O–H groups in total. The number of amides is 3. The van der Waals surface area contributed by atoms with E-state index in [0.717, 1.165) is 24.9 Å². The Bertz CT molecular complexity index is 1060. The molecule has 38 heavy (non-hydrogen) atoms. The zero-order chi connectivity index (χ0) is 27.5. The van der Waals surface area contributed by atoms with Crippen molar-refractivity contribution in [2.45, 2.75) is 61.5 Å². The second-order valence-corrected chi connectivity index (χ2v) is 12.7. The molecule has 1 spiro atoms. The minimum Gasteiger partial charge on any atom is -0.396 e. The minimum atomic E-state index is -0.666. The Morgan fingerprint density at radius 2 is 1.84 bits per heavy atom. The van der Waals surface area contributed by atoms with Crippen molar-refractivity contribution in [3.05, 3.63) is 55.6 Å². The van der Waals surface area contributed by atoms with E-state index in [0.29, 0.717) is 39.0 Å². The molecule has 3 aliphatic heterocycles. The zero-order valence-electron chi connectivity index (χ0n) is 22.7. The van der Waals surface area contributed by atoms with E-state index in [1.54, 1.807) is 33.7 Å². The molecule has 2 unspecified atom stereocenters. The van der Waals surface area contributed by atoms with Crippen molar-refractivity contribution >= 4 is 35.2 Å². The van der Waals surface area contributed by atoms with Crippen LogP contribution in [0.3, 0.4) is 0 Å². The molecule has 206 valence electrons. The Hall–Kier alpha value is -2.58. The van der Waals surface area contributed by atoms with Crippen LogP contribution in [0.2, 0.25) is 0 Å². The van der Waals surface area contributed by atoms with Crippen LogP contribution in [0.15, 0.2) is 55.6 Å². The number of thioether (sulfide) groups is 1. The number of carbonyl (C=O) groups excluding carboxylic acids is 3. The zero-order valence-corrected chi connectivity index (χ0v) is 23.5. The van der Waals surface area contributed by atoms with Crippen molar-refractivity contribution < 1.29 is 19.5 Å². The number of carbonyl (C=O) groups is 3. The number of benzene rings is 1. The van der Waals surface area contributed by atoms with E-state index < -0.39 is 27.4 Å². The smallest absolute Gasteiger partial charge is 0.247 e. The van der Waals surface area contributed by atoms with E-state index in [4.69, 9.17) is 0 Å². The van der Waals surface area contributed by atoms with Gasteiger partial charge in [-0.25, -0.2) is 0 Å². The fraction of sp³-hybridized carbons (Fsp3) is 0.567. The second-order valence-electron chi connectivity index (χ2n) is 10.8. The molecule has 3 fully saturated rings. The summed E-state index contributed by atoms with van der Waals surface area (Å²) in [6, 6.07) is 8.85. The van der Waals surface area contributed by atoms with Gasteiger partial charge in [0.2, 0.25) is 17.7 Å². The largest absolute Gasteiger partial charge is 0.396 e. The first kappa shape index (κ1) is 28.4. The minimum absolute atomic E-state index is 0.0666. The van der Waals surface area contributed by atoms with Crippen LogP contribution in [0, 0.1) is 11.8 Å². The Balaban J connectivity index is 1.76. The van der Waals surface area contributed by atoms with Crippen LogP contribution in [0.4, 0.5) is 5.69 Å². The number of aliphatic hydroxyl groups is 1. The first-order chi connectivity index (χ1) is 18.3. The molecule has 1 aromatic carbocycles. The molecular formula is C30H41N3O4S. The lowest BCUT2D eigenvalue weighted by atomic mass is 9.66. The predicted molar refractivity (Wildman–Crippen MR) is 153 cm³/mol. The predicted octanol–water partition coefficient (Wildman–Crippen LogP) is 3.88. The number of anilines is 1. The number of fused-ring (bicyclic) bond motifs is 1. The Morgan fingerprint density at radius 1 is 1.13 bits per heavy atom. The van der Waals surface area contributed by atoms with Crippen molar-refractivity contribution in [1.82, 2.24) is 9.80 Å². The molecule has 4 rings (SSSR count). The van der Waals surface area contributed by atoms with E-state index in [9.17, 15) is 19.5 Å². The van der Waals surface area contributed by atoms with Crippen LogP contribution >= 0.6 is 11.8 Å². The summed E-state index contributed by atoms with van der Waals surface area (Å²) in [5.41, 5.74) is 0.773. The Kier molecular flexibility index (Phi) is 8.72. The Labute approximate surface area is 230 Å². The first-order valence-corrected chi connectivity index (χ1v) is 14.6. The molecule has 2 bridgehead atoms. The number of para-hydroxylation sites is 1. The highest BCUT2D eigenvalue weighted by molar-refractivity contribution is 8.02. The van der Waals surface area contributed by atoms with Crippen LogP contribution in [0.25, 0.3) is 0 Å². The monoisotopic (exact) mass is 539 g/mol. The summed E-state index contributed by atoms with van der Waals surface area (Å²) >= 11 is 1.68. The van der Waals surface area contributed by atoms with Crippen molar-refractivity contribution in [2.75, 3.05) is 37.7 Å². The topological polar surface area (TPSA) is 81.2 Å². The quantitative estimate of drug-likeness (QED) is 0.385. The van der Waals surface area contributed by atoms with Gasteiger partial charge in [-0.05, 0) is 44.7 Å². The SMILES string of the molecule is C=CCN(CCCC)C(=O)C1N(CCCO)C(=O)[C@@H]2[C@@H](C(=O)N(CC=C)c3ccccc3)[C@@]3(C)CCC12S3. The fourth-order valence-corrected chi connectivity index (χ4v) is 9.10. The van der Waals surface area contributed by atoms with Gasteiger partial charge in [0, 0.05) is 43.2 Å². The van der Waals surface area contributed by atoms with Crippen molar-refractivity contribution in [3.63, 3.8) is 0 Å². The molecule has 0 aliphatic carbocycles. The molecule has 3 saturated heterocycles. The molecule has 7 nitrogen and oxygen atoms in total. The average molecular weight is 540 g/mol. The van der Waals surface area contributed by atoms with Gasteiger partial charge in [-0.15, -0.1) is 24.9 Å². The van der Waals surface area contributed by atoms with Crippen molar-refractivity contribution in [3.8, 4) is 0 Å². The van der Waals surface area contributed by atoms with E-state index in [2.05, 4.69) is 27.0 Å². The van der Waals surface area contributed by atoms with Crippen LogP contribution in [0.1, 0.15) is 46.0 Å². The summed E-state index contributed by atoms with van der Waals surface area (Å²) in [4.78, 5) is 48.0. The maximum Gasteiger partial charge on any atom is 0.247 e.